The summed E-state index contributed by atoms with van der Waals surface area (Å²) in [7, 11) is 4.31. The second-order valence-corrected chi connectivity index (χ2v) is 4.89. The lowest BCUT2D eigenvalue weighted by molar-refractivity contribution is 0.434. The summed E-state index contributed by atoms with van der Waals surface area (Å²) in [5.41, 5.74) is 4.67. The molecule has 16 heavy (non-hydrogen) atoms. The van der Waals surface area contributed by atoms with Crippen molar-refractivity contribution in [3.05, 3.63) is 41.5 Å². The fraction of sp³-hybridized carbons (Fsp3) is 0.467. The van der Waals surface area contributed by atoms with Crippen molar-refractivity contribution in [1.29, 1.82) is 0 Å². The van der Waals surface area contributed by atoms with Gasteiger partial charge in [0.15, 0.2) is 0 Å². The van der Waals surface area contributed by atoms with E-state index in [0.29, 0.717) is 0 Å². The summed E-state index contributed by atoms with van der Waals surface area (Å²) in [6.45, 7) is 1.12. The largest absolute Gasteiger partial charge is 0.305 e. The molecule has 86 valence electrons. The van der Waals surface area contributed by atoms with Gasteiger partial charge in [-0.3, -0.25) is 0 Å². The van der Waals surface area contributed by atoms with Gasteiger partial charge in [0.25, 0.3) is 0 Å². The van der Waals surface area contributed by atoms with Crippen LogP contribution in [0.4, 0.5) is 0 Å². The van der Waals surface area contributed by atoms with E-state index in [1.165, 1.54) is 31.2 Å². The normalized spacial score (nSPS) is 16.9. The lowest BCUT2D eigenvalue weighted by atomic mass is 9.87. The third-order valence-corrected chi connectivity index (χ3v) is 3.21. The van der Waals surface area contributed by atoms with E-state index in [2.05, 4.69) is 49.3 Å². The Morgan fingerprint density at radius 2 is 1.69 bits per heavy atom. The molecule has 1 heteroatoms. The molecule has 0 aromatic heterocycles. The average molecular weight is 215 g/mol. The monoisotopic (exact) mass is 215 g/mol. The highest BCUT2D eigenvalue weighted by molar-refractivity contribution is 5.69. The first-order chi connectivity index (χ1) is 7.77. The maximum atomic E-state index is 2.28. The molecule has 1 aliphatic carbocycles. The topological polar surface area (TPSA) is 3.24 Å². The molecule has 0 fully saturated rings. The molecule has 0 spiro atoms. The van der Waals surface area contributed by atoms with Crippen molar-refractivity contribution in [3.8, 4) is 0 Å². The molecule has 0 N–H and O–H groups in total. The van der Waals surface area contributed by atoms with Gasteiger partial charge in [0.2, 0.25) is 0 Å². The number of rotatable bonds is 3. The van der Waals surface area contributed by atoms with E-state index in [9.17, 15) is 0 Å². The van der Waals surface area contributed by atoms with Crippen LogP contribution in [0, 0.1) is 0 Å². The van der Waals surface area contributed by atoms with Crippen LogP contribution in [0.5, 0.6) is 0 Å². The number of allylic oxidation sites excluding steroid dienone is 1. The molecule has 0 saturated heterocycles. The highest BCUT2D eigenvalue weighted by Crippen LogP contribution is 2.32. The minimum absolute atomic E-state index is 1.12. The number of hydrogen-bond donors (Lipinski definition) is 0. The quantitative estimate of drug-likeness (QED) is 0.745. The van der Waals surface area contributed by atoms with E-state index in [0.717, 1.165) is 6.54 Å². The molecule has 2 rings (SSSR count). The Morgan fingerprint density at radius 3 is 2.38 bits per heavy atom. The van der Waals surface area contributed by atoms with Gasteiger partial charge in [-0.25, -0.2) is 0 Å². The molecule has 0 atom stereocenters. The van der Waals surface area contributed by atoms with Crippen LogP contribution in [0.1, 0.15) is 31.2 Å². The second kappa shape index (κ2) is 5.31. The van der Waals surface area contributed by atoms with Crippen LogP contribution in [0.3, 0.4) is 0 Å². The standard InChI is InChI=1S/C15H21N/c1-16(2)12-14-10-6-7-11-15(14)13-8-4-3-5-9-13/h3-5,8-9H,6-7,10-12H2,1-2H3. The zero-order chi connectivity index (χ0) is 11.4. The summed E-state index contributed by atoms with van der Waals surface area (Å²) in [6.07, 6.45) is 5.25. The van der Waals surface area contributed by atoms with Crippen LogP contribution in [-0.4, -0.2) is 25.5 Å². The second-order valence-electron chi connectivity index (χ2n) is 4.89. The van der Waals surface area contributed by atoms with Crippen molar-refractivity contribution in [3.63, 3.8) is 0 Å². The Hall–Kier alpha value is -1.08. The van der Waals surface area contributed by atoms with Gasteiger partial charge in [0, 0.05) is 6.54 Å². The van der Waals surface area contributed by atoms with Crippen LogP contribution in [-0.2, 0) is 0 Å². The van der Waals surface area contributed by atoms with Gasteiger partial charge in [-0.2, -0.15) is 0 Å². The molecule has 0 aliphatic heterocycles. The maximum Gasteiger partial charge on any atom is 0.0192 e. The first-order valence-electron chi connectivity index (χ1n) is 6.18. The van der Waals surface area contributed by atoms with Gasteiger partial charge in [-0.15, -0.1) is 0 Å². The van der Waals surface area contributed by atoms with Crippen molar-refractivity contribution >= 4 is 5.57 Å². The van der Waals surface area contributed by atoms with Gasteiger partial charge >= 0.3 is 0 Å². The first kappa shape index (κ1) is 11.4. The third-order valence-electron chi connectivity index (χ3n) is 3.21. The minimum atomic E-state index is 1.12. The zero-order valence-electron chi connectivity index (χ0n) is 10.4. The van der Waals surface area contributed by atoms with Crippen LogP contribution in [0.15, 0.2) is 35.9 Å². The van der Waals surface area contributed by atoms with Gasteiger partial charge in [0.05, 0.1) is 0 Å². The van der Waals surface area contributed by atoms with Gasteiger partial charge in [0.1, 0.15) is 0 Å². The number of hydrogen-bond acceptors (Lipinski definition) is 1. The van der Waals surface area contributed by atoms with Gasteiger partial charge < -0.3 is 4.90 Å². The molecule has 0 bridgehead atoms. The molecule has 1 aromatic carbocycles. The Bertz CT molecular complexity index is 362. The summed E-state index contributed by atoms with van der Waals surface area (Å²) >= 11 is 0. The highest BCUT2D eigenvalue weighted by atomic mass is 15.0. The predicted molar refractivity (Wildman–Crippen MR) is 70.4 cm³/mol. The molecular weight excluding hydrogens is 194 g/mol. The summed E-state index contributed by atoms with van der Waals surface area (Å²) in [4.78, 5) is 2.28. The average Bonchev–Trinajstić information content (AvgIpc) is 2.30. The molecule has 0 saturated carbocycles. The van der Waals surface area contributed by atoms with E-state index in [4.69, 9.17) is 0 Å². The van der Waals surface area contributed by atoms with Crippen LogP contribution in [0.25, 0.3) is 5.57 Å². The number of likely N-dealkylation sites (N-methyl/N-ethyl adjacent to an activating group) is 1. The van der Waals surface area contributed by atoms with Crippen molar-refractivity contribution in [2.75, 3.05) is 20.6 Å². The van der Waals surface area contributed by atoms with E-state index in [-0.39, 0.29) is 0 Å². The van der Waals surface area contributed by atoms with Crippen molar-refractivity contribution in [1.82, 2.24) is 4.90 Å². The van der Waals surface area contributed by atoms with Crippen molar-refractivity contribution in [2.45, 2.75) is 25.7 Å². The minimum Gasteiger partial charge on any atom is -0.305 e. The summed E-state index contributed by atoms with van der Waals surface area (Å²) in [5.74, 6) is 0. The van der Waals surface area contributed by atoms with Crippen LogP contribution >= 0.6 is 0 Å². The molecule has 1 nitrogen and oxygen atoms in total. The lowest BCUT2D eigenvalue weighted by Crippen LogP contribution is -2.17. The lowest BCUT2D eigenvalue weighted by Gasteiger charge is -2.23. The first-order valence-corrected chi connectivity index (χ1v) is 6.18. The smallest absolute Gasteiger partial charge is 0.0192 e. The Balaban J connectivity index is 2.30. The molecule has 1 aromatic rings. The molecule has 0 amide bonds. The van der Waals surface area contributed by atoms with E-state index in [1.54, 1.807) is 11.1 Å². The molecule has 0 unspecified atom stereocenters. The van der Waals surface area contributed by atoms with Crippen LogP contribution in [0.2, 0.25) is 0 Å². The van der Waals surface area contributed by atoms with Gasteiger partial charge in [-0.05, 0) is 50.9 Å². The van der Waals surface area contributed by atoms with E-state index >= 15 is 0 Å². The number of nitrogens with zero attached hydrogens (tertiary/aromatic N) is 1. The summed E-state index contributed by atoms with van der Waals surface area (Å²) in [6, 6.07) is 10.9. The molecular formula is C15H21N. The fourth-order valence-electron chi connectivity index (χ4n) is 2.51. The van der Waals surface area contributed by atoms with Crippen molar-refractivity contribution < 1.29 is 0 Å². The fourth-order valence-corrected chi connectivity index (χ4v) is 2.51. The van der Waals surface area contributed by atoms with Crippen molar-refractivity contribution in [2.24, 2.45) is 0 Å². The number of benzene rings is 1. The predicted octanol–water partition coefficient (Wildman–Crippen LogP) is 3.58. The third kappa shape index (κ3) is 2.73. The summed E-state index contributed by atoms with van der Waals surface area (Å²) < 4.78 is 0. The summed E-state index contributed by atoms with van der Waals surface area (Å²) in [5, 5.41) is 0. The zero-order valence-corrected chi connectivity index (χ0v) is 10.4. The highest BCUT2D eigenvalue weighted by Gasteiger charge is 2.14. The Labute approximate surface area is 98.8 Å². The molecule has 0 heterocycles. The Morgan fingerprint density at radius 1 is 1.00 bits per heavy atom. The molecule has 1 aliphatic rings. The van der Waals surface area contributed by atoms with Crippen LogP contribution < -0.4 is 0 Å². The van der Waals surface area contributed by atoms with E-state index in [1.807, 2.05) is 0 Å². The maximum absolute atomic E-state index is 2.28. The SMILES string of the molecule is CN(C)CC1=C(c2ccccc2)CCCC1. The molecule has 0 radical (unpaired) electrons. The Kier molecular flexibility index (Phi) is 3.79. The van der Waals surface area contributed by atoms with E-state index < -0.39 is 0 Å². The van der Waals surface area contributed by atoms with Gasteiger partial charge in [-0.1, -0.05) is 35.9 Å².